The van der Waals surface area contributed by atoms with Gasteiger partial charge in [-0.3, -0.25) is 43.8 Å². The van der Waals surface area contributed by atoms with Crippen LogP contribution in [-0.4, -0.2) is 180 Å². The van der Waals surface area contributed by atoms with Crippen LogP contribution in [0.3, 0.4) is 0 Å². The molecular weight excluding hydrogens is 740 g/mol. The molecule has 17 heteroatoms. The fourth-order valence-electron chi connectivity index (χ4n) is 4.68. The van der Waals surface area contributed by atoms with Crippen LogP contribution in [0, 0.1) is 39.9 Å². The number of rotatable bonds is 18. The van der Waals surface area contributed by atoms with Crippen molar-refractivity contribution >= 4 is 23.9 Å². The minimum atomic E-state index is -1.09. The average Bonchev–Trinajstić information content (AvgIpc) is 2.95. The summed E-state index contributed by atoms with van der Waals surface area (Å²) in [6, 6.07) is 2.37. The van der Waals surface area contributed by atoms with E-state index >= 15 is 0 Å². The fraction of sp³-hybridized carbons (Fsp3) is 0.679. The van der Waals surface area contributed by atoms with Crippen LogP contribution >= 0.6 is 0 Å². The van der Waals surface area contributed by atoms with Crippen LogP contribution in [0.15, 0.2) is 18.3 Å². The van der Waals surface area contributed by atoms with Gasteiger partial charge >= 0.3 is 23.9 Å². The molecule has 1 aliphatic rings. The van der Waals surface area contributed by atoms with E-state index in [2.05, 4.69) is 4.98 Å². The number of nitrogens with zero attached hydrogens (tertiary/aromatic N) is 5. The molecular formula is C28H45GdN5O11. The standard InChI is InChI=1S/C28H45N5O11.Gd/c1-2-42-13-14-43-15-16-44-23-4-3-22(29-18-23)17-24(28(40)41)33-11-9-31(20-26(36)37)7-5-30(19-25(34)35)6-8-32(10-12-33)21-27(38)39;/h3-4,18,24H,2,5-17,19-21H2,1H3,(H,34,35)(H,36,37)(H,38,39)(H,40,41);. The third-order valence-corrected chi connectivity index (χ3v) is 6.95. The van der Waals surface area contributed by atoms with Gasteiger partial charge in [0.05, 0.1) is 45.7 Å². The monoisotopic (exact) mass is 785 g/mol. The van der Waals surface area contributed by atoms with Gasteiger partial charge in [0.25, 0.3) is 0 Å². The summed E-state index contributed by atoms with van der Waals surface area (Å²) in [6.07, 6.45) is 1.57. The Labute approximate surface area is 294 Å². The van der Waals surface area contributed by atoms with Gasteiger partial charge in [-0.05, 0) is 19.1 Å². The summed E-state index contributed by atoms with van der Waals surface area (Å²) >= 11 is 0. The number of carboxylic acids is 4. The van der Waals surface area contributed by atoms with E-state index in [9.17, 15) is 39.6 Å². The molecule has 1 atom stereocenters. The average molecular weight is 785 g/mol. The maximum atomic E-state index is 12.5. The second kappa shape index (κ2) is 23.3. The Morgan fingerprint density at radius 3 is 1.62 bits per heavy atom. The second-order valence-corrected chi connectivity index (χ2v) is 10.2. The zero-order valence-electron chi connectivity index (χ0n) is 25.6. The number of aromatic nitrogens is 1. The number of aliphatic carboxylic acids is 4. The Kier molecular flexibility index (Phi) is 21.2. The molecule has 256 valence electrons. The predicted octanol–water partition coefficient (Wildman–Crippen LogP) is -1.02. The van der Waals surface area contributed by atoms with Crippen LogP contribution < -0.4 is 4.74 Å². The number of pyridine rings is 1. The number of carboxylic acid groups (broad SMARTS) is 4. The van der Waals surface area contributed by atoms with Crippen LogP contribution in [0.1, 0.15) is 12.6 Å². The maximum Gasteiger partial charge on any atom is 0.321 e. The van der Waals surface area contributed by atoms with Crippen molar-refractivity contribution < 1.29 is 93.8 Å². The van der Waals surface area contributed by atoms with Crippen molar-refractivity contribution in [2.24, 2.45) is 0 Å². The molecule has 0 saturated carbocycles. The minimum absolute atomic E-state index is 0. The maximum absolute atomic E-state index is 12.5. The summed E-state index contributed by atoms with van der Waals surface area (Å²) in [7, 11) is 0. The molecule has 1 aromatic heterocycles. The zero-order valence-corrected chi connectivity index (χ0v) is 27.8. The van der Waals surface area contributed by atoms with Crippen molar-refractivity contribution in [1.29, 1.82) is 0 Å². The van der Waals surface area contributed by atoms with E-state index in [1.54, 1.807) is 31.7 Å². The Bertz CT molecular complexity index is 1000. The van der Waals surface area contributed by atoms with Crippen molar-refractivity contribution in [2.45, 2.75) is 19.4 Å². The van der Waals surface area contributed by atoms with Gasteiger partial charge in [0.1, 0.15) is 18.4 Å². The molecule has 1 aromatic rings. The molecule has 0 bridgehead atoms. The Morgan fingerprint density at radius 2 is 1.20 bits per heavy atom. The van der Waals surface area contributed by atoms with E-state index in [0.717, 1.165) is 0 Å². The first-order chi connectivity index (χ1) is 21.1. The summed E-state index contributed by atoms with van der Waals surface area (Å²) in [5, 5.41) is 38.4. The quantitative estimate of drug-likeness (QED) is 0.132. The first kappa shape index (κ1) is 40.9. The van der Waals surface area contributed by atoms with Crippen molar-refractivity contribution in [2.75, 3.05) is 105 Å². The van der Waals surface area contributed by atoms with E-state index in [1.807, 2.05) is 6.92 Å². The second-order valence-electron chi connectivity index (χ2n) is 10.2. The SMILES string of the molecule is CCOCCOCCOc1ccc(CC(C(=O)O)N2CCN(CC(=O)O)CCN(CC(=O)O)CCN(CC(=O)O)CC2)nc1.[Gd]. The van der Waals surface area contributed by atoms with E-state index in [0.29, 0.717) is 44.5 Å². The molecule has 1 fully saturated rings. The van der Waals surface area contributed by atoms with Crippen molar-refractivity contribution in [1.82, 2.24) is 24.6 Å². The molecule has 0 spiro atoms. The molecule has 4 N–H and O–H groups in total. The van der Waals surface area contributed by atoms with Gasteiger partial charge < -0.3 is 34.6 Å². The van der Waals surface area contributed by atoms with Crippen LogP contribution in [-0.2, 0) is 35.1 Å². The Hall–Kier alpha value is -2.09. The summed E-state index contributed by atoms with van der Waals surface area (Å²) in [4.78, 5) is 57.9. The van der Waals surface area contributed by atoms with Crippen LogP contribution in [0.4, 0.5) is 0 Å². The van der Waals surface area contributed by atoms with Gasteiger partial charge in [0.2, 0.25) is 0 Å². The predicted molar refractivity (Wildman–Crippen MR) is 156 cm³/mol. The first-order valence-corrected chi connectivity index (χ1v) is 14.6. The molecule has 0 aromatic carbocycles. The third-order valence-electron chi connectivity index (χ3n) is 6.95. The van der Waals surface area contributed by atoms with E-state index < -0.39 is 29.9 Å². The third kappa shape index (κ3) is 18.0. The summed E-state index contributed by atoms with van der Waals surface area (Å²) < 4.78 is 16.3. The normalized spacial score (nSPS) is 16.9. The molecule has 0 aliphatic carbocycles. The van der Waals surface area contributed by atoms with Gasteiger partial charge in [-0.15, -0.1) is 0 Å². The Balaban J connectivity index is 0.0000101. The number of ether oxygens (including phenoxy) is 3. The van der Waals surface area contributed by atoms with Crippen LogP contribution in [0.25, 0.3) is 0 Å². The largest absolute Gasteiger partial charge is 0.490 e. The zero-order chi connectivity index (χ0) is 32.3. The molecule has 1 unspecified atom stereocenters. The topological polar surface area (TPSA) is 203 Å². The van der Waals surface area contributed by atoms with Gasteiger partial charge in [0.15, 0.2) is 0 Å². The van der Waals surface area contributed by atoms with Crippen molar-refractivity contribution in [3.63, 3.8) is 0 Å². The molecule has 0 amide bonds. The summed E-state index contributed by atoms with van der Waals surface area (Å²) in [5.41, 5.74) is 0.512. The molecule has 2 heterocycles. The van der Waals surface area contributed by atoms with Crippen molar-refractivity contribution in [3.05, 3.63) is 24.0 Å². The van der Waals surface area contributed by atoms with Crippen molar-refractivity contribution in [3.8, 4) is 5.75 Å². The molecule has 1 saturated heterocycles. The fourth-order valence-corrected chi connectivity index (χ4v) is 4.68. The smallest absolute Gasteiger partial charge is 0.321 e. The van der Waals surface area contributed by atoms with Crippen LogP contribution in [0.5, 0.6) is 5.75 Å². The van der Waals surface area contributed by atoms with E-state index in [1.165, 1.54) is 6.20 Å². The molecule has 16 nitrogen and oxygen atoms in total. The molecule has 2 rings (SSSR count). The summed E-state index contributed by atoms with van der Waals surface area (Å²) in [5.74, 6) is -3.74. The van der Waals surface area contributed by atoms with E-state index in [-0.39, 0.29) is 118 Å². The number of hydrogen-bond acceptors (Lipinski definition) is 12. The van der Waals surface area contributed by atoms with Crippen LogP contribution in [0.2, 0.25) is 0 Å². The summed E-state index contributed by atoms with van der Waals surface area (Å²) in [6.45, 7) is 5.12. The molecule has 1 aliphatic heterocycles. The van der Waals surface area contributed by atoms with E-state index in [4.69, 9.17) is 14.2 Å². The Morgan fingerprint density at radius 1 is 0.733 bits per heavy atom. The molecule has 45 heavy (non-hydrogen) atoms. The number of carbonyl (C=O) groups is 4. The van der Waals surface area contributed by atoms with Gasteiger partial charge in [-0.2, -0.15) is 0 Å². The van der Waals surface area contributed by atoms with Gasteiger partial charge in [0, 0.05) is 111 Å². The minimum Gasteiger partial charge on any atom is -0.490 e. The first-order valence-electron chi connectivity index (χ1n) is 14.6. The van der Waals surface area contributed by atoms with Gasteiger partial charge in [-0.25, -0.2) is 0 Å². The van der Waals surface area contributed by atoms with Gasteiger partial charge in [-0.1, -0.05) is 0 Å². The number of hydrogen-bond donors (Lipinski definition) is 4. The molecule has 0 radical (unpaired) electrons.